The van der Waals surface area contributed by atoms with Crippen LogP contribution in [0.5, 0.6) is 5.75 Å². The summed E-state index contributed by atoms with van der Waals surface area (Å²) in [7, 11) is 0. The van der Waals surface area contributed by atoms with Crippen LogP contribution >= 0.6 is 11.6 Å². The number of nitrogens with zero attached hydrogens (tertiary/aromatic N) is 2. The van der Waals surface area contributed by atoms with E-state index in [2.05, 4.69) is 0 Å². The van der Waals surface area contributed by atoms with Crippen LogP contribution in [-0.4, -0.2) is 46.0 Å². The predicted molar refractivity (Wildman–Crippen MR) is 147 cm³/mol. The van der Waals surface area contributed by atoms with E-state index in [4.69, 9.17) is 16.3 Å². The molecule has 1 saturated heterocycles. The Kier molecular flexibility index (Phi) is 7.80. The van der Waals surface area contributed by atoms with Crippen LogP contribution in [0, 0.1) is 17.8 Å². The number of fused-ring (bicyclic) bond motifs is 1. The van der Waals surface area contributed by atoms with Gasteiger partial charge in [0.15, 0.2) is 5.78 Å². The SMILES string of the molecule is C[C@@H]1CC[C@H]2C(=O)N(N(CC(=O)c3ccc(OC(=O)c4ccccc4)cc3)C(=O)c3ccccc3Cl)C(=O)[C@@H]2C1. The van der Waals surface area contributed by atoms with Crippen LogP contribution in [0.3, 0.4) is 0 Å². The number of hydrogen-bond acceptors (Lipinski definition) is 6. The van der Waals surface area contributed by atoms with Gasteiger partial charge in [0, 0.05) is 5.56 Å². The van der Waals surface area contributed by atoms with Gasteiger partial charge in [0.05, 0.1) is 28.0 Å². The summed E-state index contributed by atoms with van der Waals surface area (Å²) in [6, 6.07) is 20.6. The van der Waals surface area contributed by atoms with Crippen molar-refractivity contribution >= 4 is 41.1 Å². The Balaban J connectivity index is 1.39. The maximum Gasteiger partial charge on any atom is 0.343 e. The van der Waals surface area contributed by atoms with Crippen molar-refractivity contribution in [2.75, 3.05) is 6.54 Å². The fourth-order valence-corrected chi connectivity index (χ4v) is 5.51. The number of amides is 3. The highest BCUT2D eigenvalue weighted by atomic mass is 35.5. The van der Waals surface area contributed by atoms with Gasteiger partial charge in [-0.25, -0.2) is 9.80 Å². The zero-order valence-electron chi connectivity index (χ0n) is 21.8. The molecule has 0 N–H and O–H groups in total. The van der Waals surface area contributed by atoms with Crippen molar-refractivity contribution in [1.82, 2.24) is 10.0 Å². The Morgan fingerprint density at radius 1 is 0.850 bits per heavy atom. The number of ether oxygens (including phenoxy) is 1. The lowest BCUT2D eigenvalue weighted by Crippen LogP contribution is -2.52. The first kappa shape index (κ1) is 27.3. The Labute approximate surface area is 236 Å². The molecule has 40 heavy (non-hydrogen) atoms. The van der Waals surface area contributed by atoms with Crippen molar-refractivity contribution < 1.29 is 28.7 Å². The highest BCUT2D eigenvalue weighted by Crippen LogP contribution is 2.41. The van der Waals surface area contributed by atoms with Gasteiger partial charge in [0.2, 0.25) is 0 Å². The van der Waals surface area contributed by atoms with E-state index in [0.29, 0.717) is 18.4 Å². The van der Waals surface area contributed by atoms with Gasteiger partial charge < -0.3 is 4.74 Å². The summed E-state index contributed by atoms with van der Waals surface area (Å²) in [5.41, 5.74) is 0.664. The summed E-state index contributed by atoms with van der Waals surface area (Å²) in [6.45, 7) is 1.48. The molecule has 0 aromatic heterocycles. The molecule has 1 aliphatic heterocycles. The minimum absolute atomic E-state index is 0.0731. The van der Waals surface area contributed by atoms with Crippen LogP contribution in [-0.2, 0) is 9.59 Å². The van der Waals surface area contributed by atoms with Gasteiger partial charge in [-0.05, 0) is 73.7 Å². The van der Waals surface area contributed by atoms with Gasteiger partial charge in [-0.15, -0.1) is 0 Å². The summed E-state index contributed by atoms with van der Waals surface area (Å²) in [6.07, 6.45) is 1.92. The van der Waals surface area contributed by atoms with E-state index < -0.39 is 47.9 Å². The third kappa shape index (κ3) is 5.40. The second-order valence-electron chi connectivity index (χ2n) is 10.2. The summed E-state index contributed by atoms with van der Waals surface area (Å²) in [5.74, 6) is -3.25. The molecule has 3 aromatic rings. The van der Waals surface area contributed by atoms with Gasteiger partial charge in [-0.2, -0.15) is 5.01 Å². The summed E-state index contributed by atoms with van der Waals surface area (Å²) >= 11 is 6.28. The number of hydrogen-bond donors (Lipinski definition) is 0. The molecule has 0 bridgehead atoms. The number of carbonyl (C=O) groups is 5. The maximum absolute atomic E-state index is 13.7. The van der Waals surface area contributed by atoms with Crippen molar-refractivity contribution in [3.8, 4) is 5.75 Å². The summed E-state index contributed by atoms with van der Waals surface area (Å²) in [5, 5.41) is 1.91. The molecule has 3 amide bonds. The molecule has 1 saturated carbocycles. The Bertz CT molecular complexity index is 1470. The van der Waals surface area contributed by atoms with Crippen LogP contribution in [0.2, 0.25) is 5.02 Å². The minimum atomic E-state index is -0.722. The highest BCUT2D eigenvalue weighted by Gasteiger charge is 2.53. The molecule has 1 aliphatic carbocycles. The molecule has 5 rings (SSSR count). The molecule has 9 heteroatoms. The average Bonchev–Trinajstić information content (AvgIpc) is 3.20. The number of ketones is 1. The first-order chi connectivity index (χ1) is 19.2. The van der Waals surface area contributed by atoms with Gasteiger partial charge in [0.25, 0.3) is 17.7 Å². The molecule has 0 spiro atoms. The van der Waals surface area contributed by atoms with E-state index >= 15 is 0 Å². The standard InChI is InChI=1S/C31H27ClN2O6/c1-19-11-16-23-25(17-19)30(38)34(29(23)37)33(28(36)24-9-5-6-10-26(24)32)18-27(35)20-12-14-22(15-13-20)40-31(39)21-7-3-2-4-8-21/h2-10,12-15,19,23,25H,11,16-18H2,1H3/t19-,23-,25-/m1/s1. The Morgan fingerprint density at radius 3 is 2.20 bits per heavy atom. The van der Waals surface area contributed by atoms with Crippen molar-refractivity contribution in [1.29, 1.82) is 0 Å². The number of imide groups is 1. The lowest BCUT2D eigenvalue weighted by molar-refractivity contribution is -0.154. The number of esters is 1. The zero-order valence-corrected chi connectivity index (χ0v) is 22.5. The maximum atomic E-state index is 13.7. The predicted octanol–water partition coefficient (Wildman–Crippen LogP) is 5.22. The topological polar surface area (TPSA) is 101 Å². The van der Waals surface area contributed by atoms with Crippen LogP contribution in [0.25, 0.3) is 0 Å². The lowest BCUT2D eigenvalue weighted by Gasteiger charge is -2.30. The van der Waals surface area contributed by atoms with E-state index in [1.165, 1.54) is 36.4 Å². The molecule has 3 aromatic carbocycles. The molecule has 1 heterocycles. The lowest BCUT2D eigenvalue weighted by atomic mass is 9.76. The second kappa shape index (κ2) is 11.4. The van der Waals surface area contributed by atoms with Crippen LogP contribution in [0.1, 0.15) is 57.3 Å². The third-order valence-corrected chi connectivity index (χ3v) is 7.76. The van der Waals surface area contributed by atoms with E-state index in [1.54, 1.807) is 42.5 Å². The summed E-state index contributed by atoms with van der Waals surface area (Å²) in [4.78, 5) is 66.3. The van der Waals surface area contributed by atoms with E-state index in [9.17, 15) is 24.0 Å². The quantitative estimate of drug-likeness (QED) is 0.170. The van der Waals surface area contributed by atoms with Crippen molar-refractivity contribution in [2.24, 2.45) is 17.8 Å². The fourth-order valence-electron chi connectivity index (χ4n) is 5.29. The Hall–Kier alpha value is -4.30. The number of rotatable bonds is 7. The average molecular weight is 559 g/mol. The van der Waals surface area contributed by atoms with Crippen molar-refractivity contribution in [2.45, 2.75) is 26.2 Å². The summed E-state index contributed by atoms with van der Waals surface area (Å²) < 4.78 is 5.37. The first-order valence-corrected chi connectivity index (χ1v) is 13.5. The van der Waals surface area contributed by atoms with Crippen LogP contribution < -0.4 is 4.74 Å². The van der Waals surface area contributed by atoms with Gasteiger partial charge >= 0.3 is 5.97 Å². The van der Waals surface area contributed by atoms with E-state index in [1.807, 2.05) is 6.92 Å². The van der Waals surface area contributed by atoms with Gasteiger partial charge in [0.1, 0.15) is 12.3 Å². The third-order valence-electron chi connectivity index (χ3n) is 7.43. The Morgan fingerprint density at radius 2 is 1.50 bits per heavy atom. The number of benzene rings is 3. The normalized spacial score (nSPS) is 20.1. The van der Waals surface area contributed by atoms with Crippen molar-refractivity contribution in [3.63, 3.8) is 0 Å². The second-order valence-corrected chi connectivity index (χ2v) is 10.6. The molecule has 0 radical (unpaired) electrons. The smallest absolute Gasteiger partial charge is 0.343 e. The number of halogens is 1. The molecular formula is C31H27ClN2O6. The number of hydrazine groups is 1. The molecule has 0 unspecified atom stereocenters. The number of Topliss-reactive ketones (excluding diaryl/α,β-unsaturated/α-hetero) is 1. The van der Waals surface area contributed by atoms with Gasteiger partial charge in [-0.3, -0.25) is 19.2 Å². The zero-order chi connectivity index (χ0) is 28.4. The molecule has 204 valence electrons. The van der Waals surface area contributed by atoms with E-state index in [0.717, 1.165) is 16.4 Å². The van der Waals surface area contributed by atoms with E-state index in [-0.39, 0.29) is 27.8 Å². The van der Waals surface area contributed by atoms with Gasteiger partial charge in [-0.1, -0.05) is 48.9 Å². The number of carbonyl (C=O) groups excluding carboxylic acids is 5. The molecular weight excluding hydrogens is 532 g/mol. The van der Waals surface area contributed by atoms with Crippen LogP contribution in [0.15, 0.2) is 78.9 Å². The monoisotopic (exact) mass is 558 g/mol. The van der Waals surface area contributed by atoms with Crippen molar-refractivity contribution in [3.05, 3.63) is 101 Å². The largest absolute Gasteiger partial charge is 0.423 e. The molecule has 3 atom stereocenters. The fraction of sp³-hybridized carbons (Fsp3) is 0.258. The first-order valence-electron chi connectivity index (χ1n) is 13.1. The molecule has 8 nitrogen and oxygen atoms in total. The molecule has 2 fully saturated rings. The minimum Gasteiger partial charge on any atom is -0.423 e. The highest BCUT2D eigenvalue weighted by molar-refractivity contribution is 6.34. The van der Waals surface area contributed by atoms with Crippen LogP contribution in [0.4, 0.5) is 0 Å². The molecule has 2 aliphatic rings.